The van der Waals surface area contributed by atoms with E-state index in [0.29, 0.717) is 5.56 Å². The van der Waals surface area contributed by atoms with Crippen molar-refractivity contribution < 1.29 is 30.0 Å². The van der Waals surface area contributed by atoms with E-state index in [4.69, 9.17) is 0 Å². The number of hydrogen-bond acceptors (Lipinski definition) is 6. The van der Waals surface area contributed by atoms with Gasteiger partial charge < -0.3 is 31.1 Å². The molecule has 0 aliphatic carbocycles. The summed E-state index contributed by atoms with van der Waals surface area (Å²) in [4.78, 5) is 23.6. The maximum absolute atomic E-state index is 11.9. The van der Waals surface area contributed by atoms with Crippen LogP contribution in [0.1, 0.15) is 15.9 Å². The number of hydrogen-bond donors (Lipinski definition) is 6. The third-order valence-corrected chi connectivity index (χ3v) is 3.24. The van der Waals surface area contributed by atoms with Gasteiger partial charge >= 0.3 is 0 Å². The van der Waals surface area contributed by atoms with Crippen molar-refractivity contribution in [3.63, 3.8) is 0 Å². The second kappa shape index (κ2) is 7.23. The molecule has 0 radical (unpaired) electrons. The Bertz CT molecular complexity index is 775. The fraction of sp³-hybridized carbons (Fsp3) is 0.125. The van der Waals surface area contributed by atoms with Gasteiger partial charge in [0.25, 0.3) is 5.91 Å². The van der Waals surface area contributed by atoms with E-state index in [0.717, 1.165) is 0 Å². The number of nitrogens with one attached hydrogen (secondary N) is 2. The summed E-state index contributed by atoms with van der Waals surface area (Å²) in [7, 11) is 0. The molecule has 0 bridgehead atoms. The van der Waals surface area contributed by atoms with E-state index in [2.05, 4.69) is 10.6 Å². The molecule has 0 saturated heterocycles. The van der Waals surface area contributed by atoms with Gasteiger partial charge in [-0.05, 0) is 18.2 Å². The van der Waals surface area contributed by atoms with Crippen LogP contribution < -0.4 is 10.6 Å². The van der Waals surface area contributed by atoms with E-state index in [-0.39, 0.29) is 30.2 Å². The van der Waals surface area contributed by atoms with E-state index in [1.54, 1.807) is 0 Å². The number of phenols is 4. The fourth-order valence-corrected chi connectivity index (χ4v) is 1.95. The Morgan fingerprint density at radius 3 is 2.17 bits per heavy atom. The average Bonchev–Trinajstić information content (AvgIpc) is 2.56. The number of rotatable bonds is 5. The summed E-state index contributed by atoms with van der Waals surface area (Å²) in [5, 5.41) is 42.6. The first-order valence-corrected chi connectivity index (χ1v) is 6.95. The molecule has 8 heteroatoms. The SMILES string of the molecule is O=C(CNC(=O)c1cccc(O)c1O)NCc1cccc(O)c1O. The number of phenolic OH excluding ortho intramolecular Hbond substituents is 4. The molecule has 0 unspecified atom stereocenters. The Hall–Kier alpha value is -3.42. The van der Waals surface area contributed by atoms with Gasteiger partial charge in [-0.2, -0.15) is 0 Å². The van der Waals surface area contributed by atoms with Crippen LogP contribution in [0.5, 0.6) is 23.0 Å². The highest BCUT2D eigenvalue weighted by atomic mass is 16.3. The zero-order valence-electron chi connectivity index (χ0n) is 12.5. The van der Waals surface area contributed by atoms with Crippen LogP contribution in [0.15, 0.2) is 36.4 Å². The topological polar surface area (TPSA) is 139 Å². The molecule has 2 amide bonds. The van der Waals surface area contributed by atoms with Crippen molar-refractivity contribution in [3.8, 4) is 23.0 Å². The van der Waals surface area contributed by atoms with Crippen molar-refractivity contribution in [2.45, 2.75) is 6.54 Å². The van der Waals surface area contributed by atoms with Gasteiger partial charge in [-0.3, -0.25) is 9.59 Å². The van der Waals surface area contributed by atoms with Gasteiger partial charge in [-0.1, -0.05) is 18.2 Å². The zero-order chi connectivity index (χ0) is 17.7. The molecule has 0 spiro atoms. The lowest BCUT2D eigenvalue weighted by Gasteiger charge is -2.10. The van der Waals surface area contributed by atoms with Crippen molar-refractivity contribution in [1.29, 1.82) is 0 Å². The minimum Gasteiger partial charge on any atom is -0.504 e. The van der Waals surface area contributed by atoms with Crippen LogP contribution in [0.4, 0.5) is 0 Å². The molecule has 0 fully saturated rings. The zero-order valence-corrected chi connectivity index (χ0v) is 12.5. The lowest BCUT2D eigenvalue weighted by Crippen LogP contribution is -2.36. The molecule has 2 aromatic carbocycles. The number of benzene rings is 2. The van der Waals surface area contributed by atoms with E-state index in [1.807, 2.05) is 0 Å². The molecule has 126 valence electrons. The predicted octanol–water partition coefficient (Wildman–Crippen LogP) is 0.555. The second-order valence-electron chi connectivity index (χ2n) is 4.92. The molecule has 8 nitrogen and oxygen atoms in total. The Morgan fingerprint density at radius 1 is 0.833 bits per heavy atom. The third-order valence-electron chi connectivity index (χ3n) is 3.24. The quantitative estimate of drug-likeness (QED) is 0.442. The first-order valence-electron chi connectivity index (χ1n) is 6.95. The van der Waals surface area contributed by atoms with Gasteiger partial charge in [0.15, 0.2) is 23.0 Å². The molecular formula is C16H16N2O6. The molecule has 0 heterocycles. The minimum absolute atomic E-state index is 0.0354. The fourth-order valence-electron chi connectivity index (χ4n) is 1.95. The van der Waals surface area contributed by atoms with E-state index < -0.39 is 23.3 Å². The number of carbonyl (C=O) groups excluding carboxylic acids is 2. The van der Waals surface area contributed by atoms with Gasteiger partial charge in [-0.15, -0.1) is 0 Å². The first-order chi connectivity index (χ1) is 11.4. The summed E-state index contributed by atoms with van der Waals surface area (Å²) in [6, 6.07) is 8.26. The van der Waals surface area contributed by atoms with Crippen LogP contribution in [-0.2, 0) is 11.3 Å². The molecule has 6 N–H and O–H groups in total. The van der Waals surface area contributed by atoms with E-state index in [9.17, 15) is 30.0 Å². The summed E-state index contributed by atoms with van der Waals surface area (Å²) in [5.41, 5.74) is 0.161. The van der Waals surface area contributed by atoms with E-state index in [1.165, 1.54) is 36.4 Å². The lowest BCUT2D eigenvalue weighted by molar-refractivity contribution is -0.120. The van der Waals surface area contributed by atoms with E-state index >= 15 is 0 Å². The Kier molecular flexibility index (Phi) is 5.10. The Balaban J connectivity index is 1.88. The smallest absolute Gasteiger partial charge is 0.255 e. The van der Waals surface area contributed by atoms with Gasteiger partial charge in [0, 0.05) is 12.1 Å². The van der Waals surface area contributed by atoms with Crippen LogP contribution >= 0.6 is 0 Å². The average molecular weight is 332 g/mol. The second-order valence-corrected chi connectivity index (χ2v) is 4.92. The number of para-hydroxylation sites is 2. The molecule has 0 aliphatic rings. The van der Waals surface area contributed by atoms with Crippen LogP contribution in [-0.4, -0.2) is 38.8 Å². The standard InChI is InChI=1S/C16H16N2O6/c19-11-5-1-3-9(14(11)22)7-17-13(21)8-18-16(24)10-4-2-6-12(20)15(10)23/h1-6,19-20,22-23H,7-8H2,(H,17,21)(H,18,24). The maximum Gasteiger partial charge on any atom is 0.255 e. The molecule has 0 aliphatic heterocycles. The van der Waals surface area contributed by atoms with Crippen molar-refractivity contribution in [3.05, 3.63) is 47.5 Å². The number of carbonyl (C=O) groups is 2. The van der Waals surface area contributed by atoms with Gasteiger partial charge in [0.05, 0.1) is 12.1 Å². The third kappa shape index (κ3) is 3.86. The summed E-state index contributed by atoms with van der Waals surface area (Å²) in [6.07, 6.45) is 0. The highest BCUT2D eigenvalue weighted by Gasteiger charge is 2.15. The Morgan fingerprint density at radius 2 is 1.46 bits per heavy atom. The lowest BCUT2D eigenvalue weighted by atomic mass is 10.1. The van der Waals surface area contributed by atoms with Crippen molar-refractivity contribution in [2.24, 2.45) is 0 Å². The van der Waals surface area contributed by atoms with Crippen LogP contribution in [0, 0.1) is 0 Å². The summed E-state index contributed by atoms with van der Waals surface area (Å²) in [5.74, 6) is -2.89. The molecule has 24 heavy (non-hydrogen) atoms. The Labute approximate surface area is 137 Å². The van der Waals surface area contributed by atoms with Crippen LogP contribution in [0.2, 0.25) is 0 Å². The molecule has 2 aromatic rings. The normalized spacial score (nSPS) is 10.2. The summed E-state index contributed by atoms with van der Waals surface area (Å²) in [6.45, 7) is -0.403. The van der Waals surface area contributed by atoms with Crippen molar-refractivity contribution in [2.75, 3.05) is 6.54 Å². The highest BCUT2D eigenvalue weighted by Crippen LogP contribution is 2.28. The molecule has 0 saturated carbocycles. The van der Waals surface area contributed by atoms with Gasteiger partial charge in [0.2, 0.25) is 5.91 Å². The summed E-state index contributed by atoms with van der Waals surface area (Å²) < 4.78 is 0. The maximum atomic E-state index is 11.9. The molecule has 0 aromatic heterocycles. The molecule has 2 rings (SSSR count). The molecular weight excluding hydrogens is 316 g/mol. The largest absolute Gasteiger partial charge is 0.504 e. The molecule has 0 atom stereocenters. The van der Waals surface area contributed by atoms with Gasteiger partial charge in [0.1, 0.15) is 0 Å². The minimum atomic E-state index is -0.723. The summed E-state index contributed by atoms with van der Waals surface area (Å²) >= 11 is 0. The monoisotopic (exact) mass is 332 g/mol. The number of amides is 2. The van der Waals surface area contributed by atoms with Crippen molar-refractivity contribution >= 4 is 11.8 Å². The van der Waals surface area contributed by atoms with Crippen LogP contribution in [0.3, 0.4) is 0 Å². The van der Waals surface area contributed by atoms with Crippen molar-refractivity contribution in [1.82, 2.24) is 10.6 Å². The highest BCUT2D eigenvalue weighted by molar-refractivity contribution is 5.99. The first kappa shape index (κ1) is 16.9. The van der Waals surface area contributed by atoms with Crippen LogP contribution in [0.25, 0.3) is 0 Å². The number of aromatic hydroxyl groups is 4. The predicted molar refractivity (Wildman–Crippen MR) is 83.7 cm³/mol. The van der Waals surface area contributed by atoms with Gasteiger partial charge in [-0.25, -0.2) is 0 Å².